The fourth-order valence-corrected chi connectivity index (χ4v) is 4.69. The number of hydrogen-bond acceptors (Lipinski definition) is 3. The first-order chi connectivity index (χ1) is 13.6. The molecule has 0 spiro atoms. The van der Waals surface area contributed by atoms with Gasteiger partial charge in [-0.15, -0.1) is 0 Å². The number of carbonyl (C=O) groups is 1. The Morgan fingerprint density at radius 1 is 0.964 bits per heavy atom. The smallest absolute Gasteiger partial charge is 0.252 e. The second-order valence-electron chi connectivity index (χ2n) is 6.70. The highest BCUT2D eigenvalue weighted by atomic mass is 32.2. The van der Waals surface area contributed by atoms with Crippen LogP contribution in [-0.4, -0.2) is 38.3 Å². The molecule has 1 fully saturated rings. The lowest BCUT2D eigenvalue weighted by molar-refractivity contribution is 0.0958. The Morgan fingerprint density at radius 3 is 2.39 bits per heavy atom. The van der Waals surface area contributed by atoms with Gasteiger partial charge in [-0.25, -0.2) is 8.42 Å². The average molecular weight is 397 g/mol. The molecule has 0 radical (unpaired) electrons. The average Bonchev–Trinajstić information content (AvgIpc) is 3.02. The van der Waals surface area contributed by atoms with Crippen LogP contribution in [0.15, 0.2) is 59.5 Å². The van der Waals surface area contributed by atoms with E-state index in [0.717, 1.165) is 31.2 Å². The number of carbonyl (C=O) groups excluding carboxylic acids is 1. The second kappa shape index (κ2) is 9.54. The summed E-state index contributed by atoms with van der Waals surface area (Å²) in [5.74, 6) is 5.53. The Kier molecular flexibility index (Phi) is 6.85. The maximum absolute atomic E-state index is 12.9. The molecule has 1 amide bonds. The lowest BCUT2D eigenvalue weighted by Gasteiger charge is -2.20. The molecule has 6 heteroatoms. The number of hydrogen-bond donors (Lipinski definition) is 1. The lowest BCUT2D eigenvalue weighted by Crippen LogP contribution is -2.32. The molecule has 0 aliphatic carbocycles. The normalized spacial score (nSPS) is 15.1. The van der Waals surface area contributed by atoms with Crippen LogP contribution < -0.4 is 5.32 Å². The highest BCUT2D eigenvalue weighted by molar-refractivity contribution is 7.89. The van der Waals surface area contributed by atoms with Gasteiger partial charge in [-0.05, 0) is 43.2 Å². The van der Waals surface area contributed by atoms with E-state index in [1.54, 1.807) is 18.2 Å². The number of rotatable bonds is 4. The van der Waals surface area contributed by atoms with Crippen LogP contribution in [0.2, 0.25) is 0 Å². The quantitative estimate of drug-likeness (QED) is 0.808. The van der Waals surface area contributed by atoms with Crippen molar-refractivity contribution in [3.8, 4) is 11.8 Å². The molecule has 0 saturated carbocycles. The predicted octanol–water partition coefficient (Wildman–Crippen LogP) is 3.03. The van der Waals surface area contributed by atoms with Gasteiger partial charge in [-0.2, -0.15) is 4.31 Å². The van der Waals surface area contributed by atoms with Gasteiger partial charge in [-0.3, -0.25) is 4.79 Å². The molecule has 5 nitrogen and oxygen atoms in total. The van der Waals surface area contributed by atoms with E-state index >= 15 is 0 Å². The SMILES string of the molecule is O=C(NCC#Cc1ccccc1)c1cccc(S(=O)(=O)N2CCCCCC2)c1. The molecule has 146 valence electrons. The van der Waals surface area contributed by atoms with Crippen LogP contribution in [0, 0.1) is 11.8 Å². The van der Waals surface area contributed by atoms with Crippen molar-refractivity contribution in [3.63, 3.8) is 0 Å². The van der Waals surface area contributed by atoms with Crippen molar-refractivity contribution >= 4 is 15.9 Å². The summed E-state index contributed by atoms with van der Waals surface area (Å²) in [5.41, 5.74) is 1.19. The van der Waals surface area contributed by atoms with Gasteiger partial charge in [0, 0.05) is 24.2 Å². The predicted molar refractivity (Wildman–Crippen MR) is 109 cm³/mol. The van der Waals surface area contributed by atoms with Gasteiger partial charge in [0.05, 0.1) is 11.4 Å². The molecular weight excluding hydrogens is 372 g/mol. The minimum atomic E-state index is -3.58. The zero-order valence-corrected chi connectivity index (χ0v) is 16.5. The van der Waals surface area contributed by atoms with Gasteiger partial charge in [0.2, 0.25) is 10.0 Å². The van der Waals surface area contributed by atoms with Crippen LogP contribution in [0.4, 0.5) is 0 Å². The van der Waals surface area contributed by atoms with Gasteiger partial charge in [0.25, 0.3) is 5.91 Å². The standard InChI is InChI=1S/C22H24N2O3S/c25-22(23-15-9-12-19-10-4-3-5-11-19)20-13-8-14-21(18-20)28(26,27)24-16-6-1-2-7-17-24/h3-5,8,10-11,13-14,18H,1-2,6-7,15-17H2,(H,23,25). The summed E-state index contributed by atoms with van der Waals surface area (Å²) in [4.78, 5) is 12.5. The van der Waals surface area contributed by atoms with Crippen LogP contribution in [0.1, 0.15) is 41.6 Å². The van der Waals surface area contributed by atoms with Crippen molar-refractivity contribution in [1.82, 2.24) is 9.62 Å². The molecule has 28 heavy (non-hydrogen) atoms. The zero-order chi connectivity index (χ0) is 19.8. The number of nitrogens with one attached hydrogen (secondary N) is 1. The monoisotopic (exact) mass is 396 g/mol. The Labute approximate surface area is 166 Å². The van der Waals surface area contributed by atoms with E-state index in [1.807, 2.05) is 30.3 Å². The van der Waals surface area contributed by atoms with Gasteiger partial charge in [0.15, 0.2) is 0 Å². The third kappa shape index (κ3) is 5.22. The molecule has 0 aromatic heterocycles. The Hall–Kier alpha value is -2.62. The molecule has 1 N–H and O–H groups in total. The van der Waals surface area contributed by atoms with Crippen LogP contribution in [0.5, 0.6) is 0 Å². The third-order valence-corrected chi connectivity index (χ3v) is 6.54. The van der Waals surface area contributed by atoms with E-state index in [4.69, 9.17) is 0 Å². The van der Waals surface area contributed by atoms with Crippen LogP contribution in [-0.2, 0) is 10.0 Å². The van der Waals surface area contributed by atoms with Crippen molar-refractivity contribution in [1.29, 1.82) is 0 Å². The van der Waals surface area contributed by atoms with Crippen LogP contribution >= 0.6 is 0 Å². The number of sulfonamides is 1. The van der Waals surface area contributed by atoms with Gasteiger partial charge >= 0.3 is 0 Å². The van der Waals surface area contributed by atoms with E-state index in [-0.39, 0.29) is 17.3 Å². The number of nitrogens with zero attached hydrogens (tertiary/aromatic N) is 1. The minimum Gasteiger partial charge on any atom is -0.341 e. The third-order valence-electron chi connectivity index (χ3n) is 4.64. The summed E-state index contributed by atoms with van der Waals surface area (Å²) in [6.45, 7) is 1.26. The van der Waals surface area contributed by atoms with E-state index in [0.29, 0.717) is 18.7 Å². The van der Waals surface area contributed by atoms with Crippen LogP contribution in [0.25, 0.3) is 0 Å². The van der Waals surface area contributed by atoms with Crippen molar-refractivity contribution in [2.45, 2.75) is 30.6 Å². The summed E-state index contributed by atoms with van der Waals surface area (Å²) in [6, 6.07) is 15.7. The molecule has 3 rings (SSSR count). The largest absolute Gasteiger partial charge is 0.341 e. The Morgan fingerprint density at radius 2 is 1.68 bits per heavy atom. The fraction of sp³-hybridized carbons (Fsp3) is 0.318. The molecule has 1 heterocycles. The summed E-state index contributed by atoms with van der Waals surface area (Å²) >= 11 is 0. The van der Waals surface area contributed by atoms with Gasteiger partial charge in [0.1, 0.15) is 0 Å². The first-order valence-corrected chi connectivity index (χ1v) is 10.9. The lowest BCUT2D eigenvalue weighted by atomic mass is 10.2. The van der Waals surface area contributed by atoms with E-state index in [1.165, 1.54) is 10.4 Å². The Balaban J connectivity index is 1.67. The molecule has 1 saturated heterocycles. The highest BCUT2D eigenvalue weighted by Gasteiger charge is 2.25. The zero-order valence-electron chi connectivity index (χ0n) is 15.7. The summed E-state index contributed by atoms with van der Waals surface area (Å²) < 4.78 is 27.3. The summed E-state index contributed by atoms with van der Waals surface area (Å²) in [7, 11) is -3.58. The topological polar surface area (TPSA) is 66.5 Å². The maximum Gasteiger partial charge on any atom is 0.252 e. The molecule has 0 atom stereocenters. The minimum absolute atomic E-state index is 0.164. The molecule has 1 aliphatic heterocycles. The van der Waals surface area contributed by atoms with Gasteiger partial charge in [-0.1, -0.05) is 48.9 Å². The van der Waals surface area contributed by atoms with Crippen LogP contribution in [0.3, 0.4) is 0 Å². The fourth-order valence-electron chi connectivity index (χ4n) is 3.12. The van der Waals surface area contributed by atoms with E-state index in [9.17, 15) is 13.2 Å². The summed E-state index contributed by atoms with van der Waals surface area (Å²) in [6.07, 6.45) is 3.86. The highest BCUT2D eigenvalue weighted by Crippen LogP contribution is 2.21. The number of amides is 1. The van der Waals surface area contributed by atoms with Crippen molar-refractivity contribution in [2.75, 3.05) is 19.6 Å². The first-order valence-electron chi connectivity index (χ1n) is 9.50. The first kappa shape index (κ1) is 20.1. The van der Waals surface area contributed by atoms with Crippen molar-refractivity contribution < 1.29 is 13.2 Å². The molecule has 0 unspecified atom stereocenters. The molecule has 2 aromatic rings. The Bertz CT molecular complexity index is 968. The number of benzene rings is 2. The summed E-state index contributed by atoms with van der Waals surface area (Å²) in [5, 5.41) is 2.72. The van der Waals surface area contributed by atoms with Crippen molar-refractivity contribution in [2.24, 2.45) is 0 Å². The molecule has 0 bridgehead atoms. The van der Waals surface area contributed by atoms with E-state index < -0.39 is 10.0 Å². The van der Waals surface area contributed by atoms with E-state index in [2.05, 4.69) is 17.2 Å². The van der Waals surface area contributed by atoms with Crippen molar-refractivity contribution in [3.05, 3.63) is 65.7 Å². The second-order valence-corrected chi connectivity index (χ2v) is 8.63. The van der Waals surface area contributed by atoms with Gasteiger partial charge < -0.3 is 5.32 Å². The maximum atomic E-state index is 12.9. The molecule has 1 aliphatic rings. The molecule has 2 aromatic carbocycles. The molecular formula is C22H24N2O3S.